The van der Waals surface area contributed by atoms with Gasteiger partial charge in [-0.2, -0.15) is 0 Å². The van der Waals surface area contributed by atoms with E-state index in [0.29, 0.717) is 13.1 Å². The summed E-state index contributed by atoms with van der Waals surface area (Å²) in [6.45, 7) is 2.98. The second-order valence-corrected chi connectivity index (χ2v) is 4.31. The average Bonchev–Trinajstić information content (AvgIpc) is 2.83. The number of ether oxygens (including phenoxy) is 1. The summed E-state index contributed by atoms with van der Waals surface area (Å²) in [4.78, 5) is 24.4. The van der Waals surface area contributed by atoms with E-state index >= 15 is 0 Å². The van der Waals surface area contributed by atoms with E-state index in [1.807, 2.05) is 25.1 Å². The first-order chi connectivity index (χ1) is 9.11. The highest BCUT2D eigenvalue weighted by Gasteiger charge is 2.25. The molecule has 0 spiro atoms. The second kappa shape index (κ2) is 5.60. The van der Waals surface area contributed by atoms with Crippen LogP contribution in [0, 0.1) is 6.92 Å². The maximum absolute atomic E-state index is 11.8. The summed E-state index contributed by atoms with van der Waals surface area (Å²) in [5, 5.41) is 5.63. The molecule has 0 radical (unpaired) electrons. The molecule has 19 heavy (non-hydrogen) atoms. The number of anilines is 1. The molecule has 1 aromatic carbocycles. The third-order valence-corrected chi connectivity index (χ3v) is 3.02. The molecule has 2 rings (SSSR count). The fourth-order valence-electron chi connectivity index (χ4n) is 1.94. The van der Waals surface area contributed by atoms with Crippen LogP contribution in [-0.4, -0.2) is 43.6 Å². The molecule has 0 unspecified atom stereocenters. The van der Waals surface area contributed by atoms with E-state index in [4.69, 9.17) is 4.74 Å². The lowest BCUT2D eigenvalue weighted by Gasteiger charge is -2.14. The predicted octanol–water partition coefficient (Wildman–Crippen LogP) is 0.967. The quantitative estimate of drug-likeness (QED) is 0.849. The van der Waals surface area contributed by atoms with Gasteiger partial charge in [0.05, 0.1) is 13.7 Å². The standard InChI is InChI=1S/C13H17N3O3/c1-9-7-10(19-2)3-4-11(9)15-8-12(17)16-6-5-14-13(16)18/h3-4,7,15H,5-6,8H2,1-2H3,(H,14,18). The number of rotatable bonds is 4. The molecule has 1 aromatic rings. The van der Waals surface area contributed by atoms with E-state index in [9.17, 15) is 9.59 Å². The Morgan fingerprint density at radius 3 is 2.89 bits per heavy atom. The fraction of sp³-hybridized carbons (Fsp3) is 0.385. The number of nitrogens with zero attached hydrogens (tertiary/aromatic N) is 1. The first-order valence-corrected chi connectivity index (χ1v) is 6.08. The largest absolute Gasteiger partial charge is 0.497 e. The summed E-state index contributed by atoms with van der Waals surface area (Å²) in [6, 6.07) is 5.24. The molecule has 0 saturated carbocycles. The number of carbonyl (C=O) groups is 2. The van der Waals surface area contributed by atoms with E-state index in [-0.39, 0.29) is 18.5 Å². The third kappa shape index (κ3) is 2.96. The fourth-order valence-corrected chi connectivity index (χ4v) is 1.94. The molecule has 0 aromatic heterocycles. The number of imide groups is 1. The minimum absolute atomic E-state index is 0.0978. The second-order valence-electron chi connectivity index (χ2n) is 4.31. The molecule has 1 aliphatic heterocycles. The van der Waals surface area contributed by atoms with Gasteiger partial charge in [0.2, 0.25) is 5.91 Å². The van der Waals surface area contributed by atoms with Crippen LogP contribution >= 0.6 is 0 Å². The maximum Gasteiger partial charge on any atom is 0.324 e. The summed E-state index contributed by atoms with van der Waals surface area (Å²) in [7, 11) is 1.61. The topological polar surface area (TPSA) is 70.7 Å². The SMILES string of the molecule is COc1ccc(NCC(=O)N2CCNC2=O)c(C)c1. The number of urea groups is 1. The Morgan fingerprint density at radius 2 is 2.32 bits per heavy atom. The van der Waals surface area contributed by atoms with Crippen LogP contribution in [0.15, 0.2) is 18.2 Å². The highest BCUT2D eigenvalue weighted by molar-refractivity contribution is 5.97. The zero-order valence-corrected chi connectivity index (χ0v) is 11.0. The number of nitrogens with one attached hydrogen (secondary N) is 2. The zero-order valence-electron chi connectivity index (χ0n) is 11.0. The lowest BCUT2D eigenvalue weighted by atomic mass is 10.2. The molecule has 0 aliphatic carbocycles. The van der Waals surface area contributed by atoms with Crippen molar-refractivity contribution in [1.29, 1.82) is 0 Å². The monoisotopic (exact) mass is 263 g/mol. The van der Waals surface area contributed by atoms with Crippen molar-refractivity contribution in [1.82, 2.24) is 10.2 Å². The molecule has 102 valence electrons. The van der Waals surface area contributed by atoms with E-state index in [2.05, 4.69) is 10.6 Å². The van der Waals surface area contributed by atoms with Gasteiger partial charge in [-0.1, -0.05) is 0 Å². The minimum Gasteiger partial charge on any atom is -0.497 e. The van der Waals surface area contributed by atoms with Gasteiger partial charge in [-0.25, -0.2) is 4.79 Å². The molecule has 1 heterocycles. The predicted molar refractivity (Wildman–Crippen MR) is 71.3 cm³/mol. The van der Waals surface area contributed by atoms with E-state index in [0.717, 1.165) is 17.0 Å². The van der Waals surface area contributed by atoms with Gasteiger partial charge in [-0.15, -0.1) is 0 Å². The van der Waals surface area contributed by atoms with Crippen LogP contribution < -0.4 is 15.4 Å². The Labute approximate surface area is 111 Å². The Bertz CT molecular complexity index is 502. The summed E-state index contributed by atoms with van der Waals surface area (Å²) in [5.41, 5.74) is 1.84. The van der Waals surface area contributed by atoms with Crippen LogP contribution in [0.1, 0.15) is 5.56 Å². The zero-order chi connectivity index (χ0) is 13.8. The Balaban J connectivity index is 1.95. The van der Waals surface area contributed by atoms with Crippen molar-refractivity contribution < 1.29 is 14.3 Å². The lowest BCUT2D eigenvalue weighted by molar-refractivity contribution is -0.125. The summed E-state index contributed by atoms with van der Waals surface area (Å²) >= 11 is 0. The molecule has 6 nitrogen and oxygen atoms in total. The van der Waals surface area contributed by atoms with Gasteiger partial charge in [0, 0.05) is 18.8 Å². The van der Waals surface area contributed by atoms with E-state index in [1.54, 1.807) is 7.11 Å². The van der Waals surface area contributed by atoms with Crippen molar-refractivity contribution in [2.45, 2.75) is 6.92 Å². The number of benzene rings is 1. The number of methoxy groups -OCH3 is 1. The highest BCUT2D eigenvalue weighted by Crippen LogP contribution is 2.20. The first kappa shape index (κ1) is 13.2. The Hall–Kier alpha value is -2.24. The lowest BCUT2D eigenvalue weighted by Crippen LogP contribution is -2.38. The molecule has 3 amide bonds. The minimum atomic E-state index is -0.321. The van der Waals surface area contributed by atoms with Crippen LogP contribution in [0.25, 0.3) is 0 Å². The molecule has 0 atom stereocenters. The molecule has 2 N–H and O–H groups in total. The van der Waals surface area contributed by atoms with Crippen molar-refractivity contribution >= 4 is 17.6 Å². The van der Waals surface area contributed by atoms with Crippen molar-refractivity contribution in [3.05, 3.63) is 23.8 Å². The highest BCUT2D eigenvalue weighted by atomic mass is 16.5. The Kier molecular flexibility index (Phi) is 3.89. The summed E-state index contributed by atoms with van der Waals surface area (Å²) in [5.74, 6) is 0.540. The van der Waals surface area contributed by atoms with Crippen LogP contribution in [0.4, 0.5) is 10.5 Å². The van der Waals surface area contributed by atoms with Crippen molar-refractivity contribution in [2.75, 3.05) is 32.1 Å². The van der Waals surface area contributed by atoms with Crippen LogP contribution in [0.5, 0.6) is 5.75 Å². The van der Waals surface area contributed by atoms with Gasteiger partial charge in [0.25, 0.3) is 0 Å². The van der Waals surface area contributed by atoms with Crippen LogP contribution in [0.2, 0.25) is 0 Å². The van der Waals surface area contributed by atoms with Crippen molar-refractivity contribution in [2.24, 2.45) is 0 Å². The number of hydrogen-bond acceptors (Lipinski definition) is 4. The van der Waals surface area contributed by atoms with Gasteiger partial charge in [0.15, 0.2) is 0 Å². The van der Waals surface area contributed by atoms with Crippen molar-refractivity contribution in [3.8, 4) is 5.75 Å². The molecule has 1 saturated heterocycles. The third-order valence-electron chi connectivity index (χ3n) is 3.02. The molecular formula is C13H17N3O3. The van der Waals surface area contributed by atoms with E-state index in [1.165, 1.54) is 4.90 Å². The number of hydrogen-bond donors (Lipinski definition) is 2. The van der Waals surface area contributed by atoms with Gasteiger partial charge in [-0.3, -0.25) is 9.69 Å². The molecule has 6 heteroatoms. The summed E-state index contributed by atoms with van der Waals surface area (Å²) in [6.07, 6.45) is 0. The molecule has 0 bridgehead atoms. The van der Waals surface area contributed by atoms with Gasteiger partial charge >= 0.3 is 6.03 Å². The smallest absolute Gasteiger partial charge is 0.324 e. The molecular weight excluding hydrogens is 246 g/mol. The molecule has 1 fully saturated rings. The maximum atomic E-state index is 11.8. The van der Waals surface area contributed by atoms with Gasteiger partial charge in [0.1, 0.15) is 5.75 Å². The van der Waals surface area contributed by atoms with Crippen LogP contribution in [0.3, 0.4) is 0 Å². The summed E-state index contributed by atoms with van der Waals surface area (Å²) < 4.78 is 5.12. The van der Waals surface area contributed by atoms with E-state index < -0.39 is 0 Å². The number of amides is 3. The average molecular weight is 263 g/mol. The number of aryl methyl sites for hydroxylation is 1. The first-order valence-electron chi connectivity index (χ1n) is 6.08. The Morgan fingerprint density at radius 1 is 1.53 bits per heavy atom. The van der Waals surface area contributed by atoms with Crippen molar-refractivity contribution in [3.63, 3.8) is 0 Å². The molecule has 1 aliphatic rings. The van der Waals surface area contributed by atoms with Gasteiger partial charge in [-0.05, 0) is 30.7 Å². The normalized spacial score (nSPS) is 14.2. The van der Waals surface area contributed by atoms with Crippen LogP contribution in [-0.2, 0) is 4.79 Å². The number of carbonyl (C=O) groups excluding carboxylic acids is 2. The van der Waals surface area contributed by atoms with Gasteiger partial charge < -0.3 is 15.4 Å².